The molecule has 7 nitrogen and oxygen atoms in total. The van der Waals surface area contributed by atoms with Gasteiger partial charge in [-0.1, -0.05) is 0 Å². The van der Waals surface area contributed by atoms with Gasteiger partial charge in [-0.3, -0.25) is 9.69 Å². The van der Waals surface area contributed by atoms with Gasteiger partial charge in [0.05, 0.1) is 13.7 Å². The molecule has 1 aliphatic carbocycles. The van der Waals surface area contributed by atoms with Crippen molar-refractivity contribution >= 4 is 17.2 Å². The Morgan fingerprint density at radius 2 is 2.19 bits per heavy atom. The number of carbonyl (C=O) groups is 1. The van der Waals surface area contributed by atoms with Gasteiger partial charge in [0.15, 0.2) is 5.69 Å². The number of thiazole rings is 1. The lowest BCUT2D eigenvalue weighted by Crippen LogP contribution is -2.41. The van der Waals surface area contributed by atoms with Gasteiger partial charge in [0.2, 0.25) is 5.88 Å². The maximum Gasteiger partial charge on any atom is 0.274 e. The molecule has 0 bridgehead atoms. The van der Waals surface area contributed by atoms with Crippen LogP contribution in [0.1, 0.15) is 34.8 Å². The molecule has 2 aliphatic rings. The minimum atomic E-state index is -0.0386. The van der Waals surface area contributed by atoms with E-state index in [4.69, 9.17) is 4.74 Å². The number of amides is 1. The number of rotatable bonds is 5. The first-order valence-electron chi connectivity index (χ1n) is 8.87. The van der Waals surface area contributed by atoms with Crippen molar-refractivity contribution in [1.82, 2.24) is 25.0 Å². The largest absolute Gasteiger partial charge is 0.480 e. The molecule has 2 aromatic heterocycles. The summed E-state index contributed by atoms with van der Waals surface area (Å²) in [5.41, 5.74) is 0.754. The van der Waals surface area contributed by atoms with Crippen LogP contribution in [0.4, 0.5) is 0 Å². The van der Waals surface area contributed by atoms with Crippen LogP contribution in [0.25, 0.3) is 0 Å². The van der Waals surface area contributed by atoms with Crippen LogP contribution < -0.4 is 4.74 Å². The van der Waals surface area contributed by atoms with Gasteiger partial charge in [-0.25, -0.2) is 4.98 Å². The Morgan fingerprint density at radius 1 is 1.38 bits per heavy atom. The molecule has 0 unspecified atom stereocenters. The average molecular weight is 373 g/mol. The van der Waals surface area contributed by atoms with E-state index in [1.807, 2.05) is 16.5 Å². The topological polar surface area (TPSA) is 71.5 Å². The Morgan fingerprint density at radius 3 is 2.81 bits per heavy atom. The summed E-state index contributed by atoms with van der Waals surface area (Å²) >= 11 is 1.71. The maximum absolute atomic E-state index is 12.6. The fraction of sp³-hybridized carbons (Fsp3) is 0.556. The number of hydrogen-bond donors (Lipinski definition) is 0. The highest BCUT2D eigenvalue weighted by Crippen LogP contribution is 2.56. The van der Waals surface area contributed by atoms with Crippen LogP contribution in [0.15, 0.2) is 23.7 Å². The van der Waals surface area contributed by atoms with Crippen LogP contribution in [0.3, 0.4) is 0 Å². The molecule has 1 spiro atoms. The number of aromatic nitrogens is 3. The lowest BCUT2D eigenvalue weighted by atomic mass is 9.92. The standard InChI is InChI=1S/C18H23N5O2S/c1-22(12-16-19-7-10-26-16)14-11-18(14)5-8-23(9-6-18)17(24)13-3-4-15(25-2)21-20-13/h3-4,7,10,14H,5-6,8-9,11-12H2,1-2H3/t14-/m0/s1. The smallest absolute Gasteiger partial charge is 0.274 e. The van der Waals surface area contributed by atoms with E-state index >= 15 is 0 Å². The van der Waals surface area contributed by atoms with Gasteiger partial charge in [0.25, 0.3) is 5.91 Å². The Bertz CT molecular complexity index is 756. The summed E-state index contributed by atoms with van der Waals surface area (Å²) in [6.07, 6.45) is 5.19. The highest BCUT2D eigenvalue weighted by Gasteiger charge is 2.56. The Balaban J connectivity index is 1.32. The lowest BCUT2D eigenvalue weighted by molar-refractivity contribution is 0.0650. The van der Waals surface area contributed by atoms with Gasteiger partial charge in [0.1, 0.15) is 5.01 Å². The number of methoxy groups -OCH3 is 1. The fourth-order valence-corrected chi connectivity index (χ4v) is 4.68. The SMILES string of the molecule is COc1ccc(C(=O)N2CCC3(CC2)C[C@@H]3N(C)Cc2nccs2)nn1. The minimum absolute atomic E-state index is 0.0386. The van der Waals surface area contributed by atoms with Crippen LogP contribution in [0.5, 0.6) is 5.88 Å². The molecule has 138 valence electrons. The average Bonchev–Trinajstić information content (AvgIpc) is 3.12. The molecular formula is C18H23N5O2S. The van der Waals surface area contributed by atoms with Gasteiger partial charge in [-0.2, -0.15) is 0 Å². The number of hydrogen-bond acceptors (Lipinski definition) is 7. The van der Waals surface area contributed by atoms with Crippen LogP contribution >= 0.6 is 11.3 Å². The van der Waals surface area contributed by atoms with E-state index in [-0.39, 0.29) is 5.91 Å². The highest BCUT2D eigenvalue weighted by molar-refractivity contribution is 7.09. The van der Waals surface area contributed by atoms with E-state index < -0.39 is 0 Å². The molecule has 3 heterocycles. The van der Waals surface area contributed by atoms with E-state index in [2.05, 4.69) is 27.1 Å². The fourth-order valence-electron chi connectivity index (χ4n) is 4.00. The molecule has 2 aromatic rings. The number of likely N-dealkylation sites (tertiary alicyclic amines) is 1. The Kier molecular flexibility index (Phi) is 4.62. The van der Waals surface area contributed by atoms with Gasteiger partial charge in [0, 0.05) is 36.8 Å². The molecule has 1 aliphatic heterocycles. The molecule has 1 saturated heterocycles. The molecule has 1 saturated carbocycles. The number of piperidine rings is 1. The van der Waals surface area contributed by atoms with Crippen molar-refractivity contribution in [3.63, 3.8) is 0 Å². The number of nitrogens with zero attached hydrogens (tertiary/aromatic N) is 5. The monoisotopic (exact) mass is 373 g/mol. The molecule has 26 heavy (non-hydrogen) atoms. The van der Waals surface area contributed by atoms with Crippen molar-refractivity contribution < 1.29 is 9.53 Å². The Hall–Kier alpha value is -2.06. The van der Waals surface area contributed by atoms with Gasteiger partial charge >= 0.3 is 0 Å². The van der Waals surface area contributed by atoms with E-state index in [0.29, 0.717) is 23.0 Å². The molecular weight excluding hydrogens is 350 g/mol. The zero-order chi connectivity index (χ0) is 18.1. The second kappa shape index (κ2) is 6.92. The van der Waals surface area contributed by atoms with E-state index in [9.17, 15) is 4.79 Å². The molecule has 0 radical (unpaired) electrons. The quantitative estimate of drug-likeness (QED) is 0.799. The molecule has 0 aromatic carbocycles. The Labute approximate surface area is 157 Å². The van der Waals surface area contributed by atoms with Gasteiger partial charge in [-0.15, -0.1) is 21.5 Å². The zero-order valence-corrected chi connectivity index (χ0v) is 15.9. The van der Waals surface area contributed by atoms with Crippen LogP contribution in [0, 0.1) is 5.41 Å². The summed E-state index contributed by atoms with van der Waals surface area (Å²) in [6.45, 7) is 2.48. The number of carbonyl (C=O) groups excluding carboxylic acids is 1. The van der Waals surface area contributed by atoms with Crippen LogP contribution in [-0.2, 0) is 6.54 Å². The highest BCUT2D eigenvalue weighted by atomic mass is 32.1. The van der Waals surface area contributed by atoms with Crippen molar-refractivity contribution in [3.8, 4) is 5.88 Å². The van der Waals surface area contributed by atoms with Crippen LogP contribution in [-0.4, -0.2) is 64.2 Å². The first kappa shape index (κ1) is 17.4. The third-order valence-corrected chi connectivity index (χ3v) is 6.43. The van der Waals surface area contributed by atoms with E-state index in [1.165, 1.54) is 18.5 Å². The second-order valence-electron chi connectivity index (χ2n) is 7.18. The third kappa shape index (κ3) is 3.31. The summed E-state index contributed by atoms with van der Waals surface area (Å²) in [5.74, 6) is 0.381. The zero-order valence-electron chi connectivity index (χ0n) is 15.1. The van der Waals surface area contributed by atoms with Crippen molar-refractivity contribution in [2.45, 2.75) is 31.8 Å². The minimum Gasteiger partial charge on any atom is -0.480 e. The normalized spacial score (nSPS) is 21.2. The molecule has 4 rings (SSSR count). The van der Waals surface area contributed by atoms with Crippen molar-refractivity contribution in [3.05, 3.63) is 34.4 Å². The number of ether oxygens (including phenoxy) is 1. The summed E-state index contributed by atoms with van der Waals surface area (Å²) in [4.78, 5) is 21.3. The van der Waals surface area contributed by atoms with E-state index in [1.54, 1.807) is 23.5 Å². The molecule has 1 atom stereocenters. The summed E-state index contributed by atoms with van der Waals surface area (Å²) in [5, 5.41) is 11.1. The van der Waals surface area contributed by atoms with Crippen LogP contribution in [0.2, 0.25) is 0 Å². The summed E-state index contributed by atoms with van der Waals surface area (Å²) in [6, 6.07) is 3.96. The van der Waals surface area contributed by atoms with Crippen molar-refractivity contribution in [2.24, 2.45) is 5.41 Å². The molecule has 8 heteroatoms. The molecule has 2 fully saturated rings. The third-order valence-electron chi connectivity index (χ3n) is 5.66. The first-order chi connectivity index (χ1) is 12.6. The second-order valence-corrected chi connectivity index (χ2v) is 8.16. The lowest BCUT2D eigenvalue weighted by Gasteiger charge is -2.33. The maximum atomic E-state index is 12.6. The molecule has 0 N–H and O–H groups in total. The van der Waals surface area contributed by atoms with Gasteiger partial charge < -0.3 is 9.64 Å². The summed E-state index contributed by atoms with van der Waals surface area (Å²) in [7, 11) is 3.72. The molecule has 1 amide bonds. The summed E-state index contributed by atoms with van der Waals surface area (Å²) < 4.78 is 4.99. The first-order valence-corrected chi connectivity index (χ1v) is 9.75. The predicted molar refractivity (Wildman–Crippen MR) is 98.1 cm³/mol. The predicted octanol–water partition coefficient (Wildman–Crippen LogP) is 2.07. The van der Waals surface area contributed by atoms with Gasteiger partial charge in [-0.05, 0) is 37.8 Å². The van der Waals surface area contributed by atoms with Crippen molar-refractivity contribution in [2.75, 3.05) is 27.2 Å². The van der Waals surface area contributed by atoms with Crippen molar-refractivity contribution in [1.29, 1.82) is 0 Å². The van der Waals surface area contributed by atoms with E-state index in [0.717, 1.165) is 32.5 Å².